The number of rotatable bonds is 3. The Kier molecular flexibility index (Phi) is 4.20. The summed E-state index contributed by atoms with van der Waals surface area (Å²) in [6, 6.07) is 20.6. The van der Waals surface area contributed by atoms with Gasteiger partial charge in [-0.1, -0.05) is 69.3 Å². The predicted octanol–water partition coefficient (Wildman–Crippen LogP) is 7.82. The number of aromatic nitrogens is 1. The number of nitriles is 1. The molecule has 2 aromatic heterocycles. The standard InChI is InChI=1S/C32H31N2O/c1-20-10-15-26-25-9-7-8-24(18-33)30(25)35-31(26)29(20)28-16-27(21(2)19-34(28)6)23-13-11-22(12-14-23)17-32(3,4)5/h7-16,19H,17H2,1-6H3/q+1/i2D3,17D2. The number of hydrogen-bond acceptors (Lipinski definition) is 2. The van der Waals surface area contributed by atoms with Gasteiger partial charge in [-0.25, -0.2) is 4.57 Å². The maximum atomic E-state index is 9.64. The third-order valence-electron chi connectivity index (χ3n) is 6.24. The Labute approximate surface area is 214 Å². The summed E-state index contributed by atoms with van der Waals surface area (Å²) in [4.78, 5) is 0. The van der Waals surface area contributed by atoms with Gasteiger partial charge in [0.15, 0.2) is 11.8 Å². The number of aryl methyl sites for hydroxylation is 3. The summed E-state index contributed by atoms with van der Waals surface area (Å²) in [6.07, 6.45) is 0.0741. The minimum atomic E-state index is -2.37. The first-order valence-electron chi connectivity index (χ1n) is 14.2. The Morgan fingerprint density at radius 2 is 1.74 bits per heavy atom. The Balaban J connectivity index is 1.77. The van der Waals surface area contributed by atoms with E-state index in [1.807, 2.05) is 65.1 Å². The fraction of sp³-hybridized carbons (Fsp3) is 0.250. The van der Waals surface area contributed by atoms with Crippen LogP contribution in [0, 0.1) is 30.5 Å². The molecule has 5 aromatic rings. The lowest BCUT2D eigenvalue weighted by atomic mass is 9.87. The Morgan fingerprint density at radius 3 is 2.43 bits per heavy atom. The van der Waals surface area contributed by atoms with E-state index in [9.17, 15) is 5.26 Å². The van der Waals surface area contributed by atoms with E-state index >= 15 is 0 Å². The number of para-hydroxylation sites is 1. The highest BCUT2D eigenvalue weighted by Crippen LogP contribution is 2.39. The minimum Gasteiger partial charge on any atom is -0.454 e. The van der Waals surface area contributed by atoms with Crippen molar-refractivity contribution in [3.05, 3.63) is 89.1 Å². The van der Waals surface area contributed by atoms with Crippen LogP contribution in [0.1, 0.15) is 49.9 Å². The molecule has 0 spiro atoms. The summed E-state index contributed by atoms with van der Waals surface area (Å²) in [7, 11) is 1.82. The molecule has 0 aliphatic rings. The van der Waals surface area contributed by atoms with Crippen LogP contribution in [0.15, 0.2) is 71.3 Å². The van der Waals surface area contributed by atoms with Gasteiger partial charge >= 0.3 is 0 Å². The lowest BCUT2D eigenvalue weighted by molar-refractivity contribution is -0.660. The fourth-order valence-electron chi connectivity index (χ4n) is 4.67. The zero-order valence-electron chi connectivity index (χ0n) is 25.7. The SMILES string of the molecule is [2H]C([2H])([2H])c1c[n+](C)c(-c2c(C)ccc3c2oc2c(C#N)cccc23)cc1-c1ccc(C([2H])([2H])C(C)(C)C)cc1. The Bertz CT molecular complexity index is 1820. The Hall–Kier alpha value is -3.90. The van der Waals surface area contributed by atoms with Gasteiger partial charge in [0.05, 0.1) is 11.1 Å². The van der Waals surface area contributed by atoms with Gasteiger partial charge in [0, 0.05) is 29.3 Å². The van der Waals surface area contributed by atoms with Gasteiger partial charge < -0.3 is 4.42 Å². The summed E-state index contributed by atoms with van der Waals surface area (Å²) < 4.78 is 50.2. The molecule has 0 fully saturated rings. The maximum Gasteiger partial charge on any atom is 0.216 e. The van der Waals surface area contributed by atoms with Gasteiger partial charge in [0.2, 0.25) is 5.69 Å². The molecule has 174 valence electrons. The average Bonchev–Trinajstić information content (AvgIpc) is 3.26. The van der Waals surface area contributed by atoms with Crippen LogP contribution in [0.5, 0.6) is 0 Å². The van der Waals surface area contributed by atoms with E-state index in [0.29, 0.717) is 33.4 Å². The maximum absolute atomic E-state index is 9.64. The van der Waals surface area contributed by atoms with Crippen molar-refractivity contribution in [2.45, 2.75) is 40.9 Å². The summed E-state index contributed by atoms with van der Waals surface area (Å²) in [5.74, 6) is 0. The zero-order chi connectivity index (χ0) is 29.2. The van der Waals surface area contributed by atoms with E-state index < -0.39 is 18.6 Å². The van der Waals surface area contributed by atoms with Gasteiger partial charge in [-0.05, 0) is 53.9 Å². The van der Waals surface area contributed by atoms with Crippen molar-refractivity contribution in [1.82, 2.24) is 0 Å². The summed E-state index contributed by atoms with van der Waals surface area (Å²) >= 11 is 0. The molecule has 0 N–H and O–H groups in total. The molecule has 0 unspecified atom stereocenters. The molecular weight excluding hydrogens is 428 g/mol. The third kappa shape index (κ3) is 4.10. The van der Waals surface area contributed by atoms with Crippen LogP contribution in [-0.2, 0) is 13.4 Å². The molecule has 0 atom stereocenters. The molecule has 0 aliphatic carbocycles. The third-order valence-corrected chi connectivity index (χ3v) is 6.24. The van der Waals surface area contributed by atoms with Crippen molar-refractivity contribution < 1.29 is 15.8 Å². The molecule has 0 saturated heterocycles. The van der Waals surface area contributed by atoms with E-state index in [1.165, 1.54) is 0 Å². The largest absolute Gasteiger partial charge is 0.454 e. The number of nitrogens with zero attached hydrogens (tertiary/aromatic N) is 2. The van der Waals surface area contributed by atoms with E-state index in [1.54, 1.807) is 41.1 Å². The summed E-state index contributed by atoms with van der Waals surface area (Å²) in [5, 5.41) is 11.4. The van der Waals surface area contributed by atoms with Gasteiger partial charge in [0.1, 0.15) is 18.7 Å². The fourth-order valence-corrected chi connectivity index (χ4v) is 4.67. The molecule has 3 nitrogen and oxygen atoms in total. The van der Waals surface area contributed by atoms with E-state index in [0.717, 1.165) is 27.6 Å². The van der Waals surface area contributed by atoms with Crippen LogP contribution in [0.4, 0.5) is 0 Å². The minimum absolute atomic E-state index is 0.200. The molecule has 5 rings (SSSR count). The normalized spacial score (nSPS) is 14.7. The first-order chi connectivity index (χ1) is 18.6. The molecule has 0 saturated carbocycles. The van der Waals surface area contributed by atoms with E-state index in [2.05, 4.69) is 6.07 Å². The van der Waals surface area contributed by atoms with Crippen molar-refractivity contribution in [2.75, 3.05) is 0 Å². The quantitative estimate of drug-likeness (QED) is 0.255. The molecule has 0 radical (unpaired) electrons. The van der Waals surface area contributed by atoms with E-state index in [-0.39, 0.29) is 5.56 Å². The molecule has 35 heavy (non-hydrogen) atoms. The van der Waals surface area contributed by atoms with Gasteiger partial charge in [-0.3, -0.25) is 0 Å². The van der Waals surface area contributed by atoms with Crippen LogP contribution in [0.3, 0.4) is 0 Å². The van der Waals surface area contributed by atoms with Crippen molar-refractivity contribution in [3.8, 4) is 28.5 Å². The number of furan rings is 1. The topological polar surface area (TPSA) is 40.8 Å². The number of pyridine rings is 1. The summed E-state index contributed by atoms with van der Waals surface area (Å²) in [5.41, 5.74) is 5.49. The lowest BCUT2D eigenvalue weighted by Crippen LogP contribution is -2.31. The summed E-state index contributed by atoms with van der Waals surface area (Å²) in [6.45, 7) is 5.19. The number of benzene rings is 3. The molecule has 2 heterocycles. The van der Waals surface area contributed by atoms with E-state index in [4.69, 9.17) is 11.3 Å². The lowest BCUT2D eigenvalue weighted by Gasteiger charge is -2.18. The number of hydrogen-bond donors (Lipinski definition) is 0. The van der Waals surface area contributed by atoms with Crippen LogP contribution < -0.4 is 4.57 Å². The molecule has 0 aliphatic heterocycles. The first-order valence-corrected chi connectivity index (χ1v) is 11.7. The van der Waals surface area contributed by atoms with Crippen LogP contribution >= 0.6 is 0 Å². The monoisotopic (exact) mass is 464 g/mol. The molecule has 3 aromatic carbocycles. The molecule has 0 amide bonds. The smallest absolute Gasteiger partial charge is 0.216 e. The van der Waals surface area contributed by atoms with Crippen molar-refractivity contribution in [2.24, 2.45) is 12.5 Å². The molecule has 0 bridgehead atoms. The highest BCUT2D eigenvalue weighted by molar-refractivity contribution is 6.11. The second-order valence-electron chi connectivity index (χ2n) is 10.1. The first kappa shape index (κ1) is 17.5. The zero-order valence-corrected chi connectivity index (χ0v) is 20.7. The van der Waals surface area contributed by atoms with Gasteiger partial charge in [-0.2, -0.15) is 5.26 Å². The van der Waals surface area contributed by atoms with Gasteiger partial charge in [-0.15, -0.1) is 0 Å². The van der Waals surface area contributed by atoms with Crippen molar-refractivity contribution >= 4 is 21.9 Å². The second-order valence-corrected chi connectivity index (χ2v) is 10.1. The van der Waals surface area contributed by atoms with Crippen LogP contribution in [-0.4, -0.2) is 0 Å². The van der Waals surface area contributed by atoms with Gasteiger partial charge in [0.25, 0.3) is 0 Å². The molecular formula is C32H31N2O+. The van der Waals surface area contributed by atoms with Crippen LogP contribution in [0.2, 0.25) is 0 Å². The second kappa shape index (κ2) is 8.40. The predicted molar refractivity (Wildman–Crippen MR) is 143 cm³/mol. The number of fused-ring (bicyclic) bond motifs is 3. The molecule has 3 heteroatoms. The highest BCUT2D eigenvalue weighted by atomic mass is 16.3. The van der Waals surface area contributed by atoms with Crippen molar-refractivity contribution in [3.63, 3.8) is 0 Å². The van der Waals surface area contributed by atoms with Crippen molar-refractivity contribution in [1.29, 1.82) is 5.26 Å². The highest BCUT2D eigenvalue weighted by Gasteiger charge is 2.23. The Morgan fingerprint density at radius 1 is 1.00 bits per heavy atom. The van der Waals surface area contributed by atoms with Crippen LogP contribution in [0.25, 0.3) is 44.3 Å². The average molecular weight is 465 g/mol.